The number of thiazole rings is 1. The van der Waals surface area contributed by atoms with Crippen LogP contribution in [0.5, 0.6) is 0 Å². The Kier molecular flexibility index (Phi) is 4.18. The van der Waals surface area contributed by atoms with E-state index in [-0.39, 0.29) is 5.82 Å². The van der Waals surface area contributed by atoms with Gasteiger partial charge >= 0.3 is 0 Å². The van der Waals surface area contributed by atoms with Gasteiger partial charge in [0.15, 0.2) is 0 Å². The summed E-state index contributed by atoms with van der Waals surface area (Å²) in [6, 6.07) is 14.4. The van der Waals surface area contributed by atoms with Crippen LogP contribution < -0.4 is 5.32 Å². The summed E-state index contributed by atoms with van der Waals surface area (Å²) in [7, 11) is 0. The molecule has 0 radical (unpaired) electrons. The highest BCUT2D eigenvalue weighted by molar-refractivity contribution is 7.09. The number of hydrogen-bond donors (Lipinski definition) is 1. The molecular weight excluding hydrogens is 307 g/mol. The summed E-state index contributed by atoms with van der Waals surface area (Å²) < 4.78 is 13.6. The number of rotatable bonds is 4. The second-order valence-electron chi connectivity index (χ2n) is 4.47. The van der Waals surface area contributed by atoms with E-state index in [0.29, 0.717) is 17.3 Å². The zero-order chi connectivity index (χ0) is 14.7. The predicted octanol–water partition coefficient (Wildman–Crippen LogP) is 5.21. The van der Waals surface area contributed by atoms with Gasteiger partial charge in [0.05, 0.1) is 17.9 Å². The molecule has 0 spiro atoms. The summed E-state index contributed by atoms with van der Waals surface area (Å²) in [6.45, 7) is 0.467. The Morgan fingerprint density at radius 1 is 1.14 bits per heavy atom. The monoisotopic (exact) mass is 318 g/mol. The van der Waals surface area contributed by atoms with Crippen LogP contribution in [0.15, 0.2) is 53.9 Å². The van der Waals surface area contributed by atoms with Crippen LogP contribution in [0.2, 0.25) is 5.02 Å². The number of anilines is 1. The van der Waals surface area contributed by atoms with Crippen LogP contribution in [0, 0.1) is 5.82 Å². The number of hydrogen-bond acceptors (Lipinski definition) is 3. The Morgan fingerprint density at radius 2 is 1.95 bits per heavy atom. The Bertz CT molecular complexity index is 743. The van der Waals surface area contributed by atoms with Crippen LogP contribution in [0.25, 0.3) is 11.3 Å². The van der Waals surface area contributed by atoms with Crippen molar-refractivity contribution in [3.63, 3.8) is 0 Å². The van der Waals surface area contributed by atoms with Crippen molar-refractivity contribution in [2.75, 3.05) is 5.32 Å². The molecule has 0 saturated heterocycles. The first kappa shape index (κ1) is 14.0. The Balaban J connectivity index is 1.72. The van der Waals surface area contributed by atoms with Gasteiger partial charge in [-0.2, -0.15) is 0 Å². The average Bonchev–Trinajstić information content (AvgIpc) is 2.98. The summed E-state index contributed by atoms with van der Waals surface area (Å²) in [6.07, 6.45) is 0. The molecule has 0 aliphatic rings. The molecule has 0 aliphatic carbocycles. The van der Waals surface area contributed by atoms with Gasteiger partial charge in [-0.25, -0.2) is 9.37 Å². The fraction of sp³-hybridized carbons (Fsp3) is 0.0625. The van der Waals surface area contributed by atoms with Crippen LogP contribution in [0.1, 0.15) is 5.01 Å². The molecule has 1 N–H and O–H groups in total. The van der Waals surface area contributed by atoms with Gasteiger partial charge < -0.3 is 5.32 Å². The van der Waals surface area contributed by atoms with Crippen molar-refractivity contribution in [3.05, 3.63) is 69.8 Å². The molecule has 0 bridgehead atoms. The number of nitrogens with one attached hydrogen (secondary N) is 1. The van der Waals surface area contributed by atoms with Crippen LogP contribution in [-0.4, -0.2) is 4.98 Å². The molecule has 0 saturated carbocycles. The number of halogens is 2. The van der Waals surface area contributed by atoms with E-state index >= 15 is 0 Å². The van der Waals surface area contributed by atoms with Crippen LogP contribution in [0.4, 0.5) is 10.1 Å². The molecule has 0 aliphatic heterocycles. The van der Waals surface area contributed by atoms with E-state index in [1.165, 1.54) is 12.1 Å². The van der Waals surface area contributed by atoms with Crippen molar-refractivity contribution >= 4 is 28.6 Å². The van der Waals surface area contributed by atoms with Gasteiger partial charge in [0.25, 0.3) is 0 Å². The summed E-state index contributed by atoms with van der Waals surface area (Å²) in [5.41, 5.74) is 2.40. The molecule has 0 amide bonds. The molecule has 3 aromatic rings. The fourth-order valence-corrected chi connectivity index (χ4v) is 2.85. The third-order valence-corrected chi connectivity index (χ3v) is 4.06. The zero-order valence-corrected chi connectivity index (χ0v) is 12.6. The van der Waals surface area contributed by atoms with E-state index in [2.05, 4.69) is 10.3 Å². The minimum Gasteiger partial charge on any atom is -0.376 e. The zero-order valence-electron chi connectivity index (χ0n) is 11.0. The van der Waals surface area contributed by atoms with E-state index in [1.807, 2.05) is 35.7 Å². The highest BCUT2D eigenvalue weighted by Gasteiger charge is 2.06. The van der Waals surface area contributed by atoms with Gasteiger partial charge in [-0.05, 0) is 18.2 Å². The first-order valence-electron chi connectivity index (χ1n) is 6.41. The van der Waals surface area contributed by atoms with Gasteiger partial charge in [-0.15, -0.1) is 11.3 Å². The molecule has 0 atom stereocenters. The van der Waals surface area contributed by atoms with Crippen molar-refractivity contribution < 1.29 is 4.39 Å². The minimum absolute atomic E-state index is 0.320. The number of nitrogens with zero attached hydrogens (tertiary/aromatic N) is 1. The van der Waals surface area contributed by atoms with Crippen molar-refractivity contribution in [3.8, 4) is 11.3 Å². The van der Waals surface area contributed by atoms with Crippen LogP contribution in [-0.2, 0) is 6.54 Å². The highest BCUT2D eigenvalue weighted by Crippen LogP contribution is 2.24. The van der Waals surface area contributed by atoms with Gasteiger partial charge in [-0.1, -0.05) is 41.9 Å². The van der Waals surface area contributed by atoms with Gasteiger partial charge in [0.1, 0.15) is 10.8 Å². The smallest absolute Gasteiger partial charge is 0.146 e. The highest BCUT2D eigenvalue weighted by atomic mass is 35.5. The Labute approximate surface area is 131 Å². The molecule has 0 fully saturated rings. The Hall–Kier alpha value is -1.91. The van der Waals surface area contributed by atoms with Crippen molar-refractivity contribution in [1.29, 1.82) is 0 Å². The summed E-state index contributed by atoms with van der Waals surface area (Å²) in [5, 5.41) is 6.42. The lowest BCUT2D eigenvalue weighted by Crippen LogP contribution is -2.01. The summed E-state index contributed by atoms with van der Waals surface area (Å²) in [4.78, 5) is 4.55. The molecule has 2 nitrogen and oxygen atoms in total. The molecule has 21 heavy (non-hydrogen) atoms. The van der Waals surface area contributed by atoms with E-state index < -0.39 is 0 Å². The standard InChI is InChI=1S/C16H12ClFN2S/c17-12-6-7-13(18)14(8-12)19-9-16-20-15(10-21-16)11-4-2-1-3-5-11/h1-8,10,19H,9H2. The van der Waals surface area contributed by atoms with Gasteiger partial charge in [0.2, 0.25) is 0 Å². The molecule has 1 heterocycles. The maximum atomic E-state index is 13.6. The first-order chi connectivity index (χ1) is 10.2. The molecule has 2 aromatic carbocycles. The van der Waals surface area contributed by atoms with Crippen LogP contribution in [0.3, 0.4) is 0 Å². The number of benzene rings is 2. The summed E-state index contributed by atoms with van der Waals surface area (Å²) in [5.74, 6) is -0.320. The van der Waals surface area contributed by atoms with E-state index in [0.717, 1.165) is 16.3 Å². The fourth-order valence-electron chi connectivity index (χ4n) is 1.94. The molecule has 3 rings (SSSR count). The second-order valence-corrected chi connectivity index (χ2v) is 5.85. The van der Waals surface area contributed by atoms with Crippen molar-refractivity contribution in [2.45, 2.75) is 6.54 Å². The van der Waals surface area contributed by atoms with E-state index in [9.17, 15) is 4.39 Å². The van der Waals surface area contributed by atoms with Gasteiger partial charge in [0, 0.05) is 16.0 Å². The quantitative estimate of drug-likeness (QED) is 0.714. The Morgan fingerprint density at radius 3 is 2.76 bits per heavy atom. The molecule has 5 heteroatoms. The van der Waals surface area contributed by atoms with Gasteiger partial charge in [-0.3, -0.25) is 0 Å². The lowest BCUT2D eigenvalue weighted by Gasteiger charge is -2.05. The maximum Gasteiger partial charge on any atom is 0.146 e. The normalized spacial score (nSPS) is 10.6. The lowest BCUT2D eigenvalue weighted by molar-refractivity contribution is 0.630. The molecule has 1 aromatic heterocycles. The van der Waals surface area contributed by atoms with Crippen molar-refractivity contribution in [1.82, 2.24) is 4.98 Å². The largest absolute Gasteiger partial charge is 0.376 e. The van der Waals surface area contributed by atoms with Crippen LogP contribution >= 0.6 is 22.9 Å². The second kappa shape index (κ2) is 6.24. The molecule has 106 valence electrons. The predicted molar refractivity (Wildman–Crippen MR) is 86.3 cm³/mol. The van der Waals surface area contributed by atoms with Crippen molar-refractivity contribution in [2.24, 2.45) is 0 Å². The summed E-state index contributed by atoms with van der Waals surface area (Å²) >= 11 is 7.41. The first-order valence-corrected chi connectivity index (χ1v) is 7.67. The number of aromatic nitrogens is 1. The maximum absolute atomic E-state index is 13.6. The van der Waals surface area contributed by atoms with E-state index in [1.54, 1.807) is 17.4 Å². The lowest BCUT2D eigenvalue weighted by atomic mass is 10.2. The SMILES string of the molecule is Fc1ccc(Cl)cc1NCc1nc(-c2ccccc2)cs1. The average molecular weight is 319 g/mol. The molecule has 0 unspecified atom stereocenters. The topological polar surface area (TPSA) is 24.9 Å². The molecular formula is C16H12ClFN2S. The van der Waals surface area contributed by atoms with E-state index in [4.69, 9.17) is 11.6 Å². The third kappa shape index (κ3) is 3.40. The third-order valence-electron chi connectivity index (χ3n) is 2.98. The minimum atomic E-state index is -0.320.